The summed E-state index contributed by atoms with van der Waals surface area (Å²) in [6.45, 7) is 3.42. The third-order valence-electron chi connectivity index (χ3n) is 13.7. The van der Waals surface area contributed by atoms with Gasteiger partial charge >= 0.3 is 0 Å². The molecular formula is C57H107NO10. The van der Waals surface area contributed by atoms with Crippen LogP contribution in [0.1, 0.15) is 251 Å². The molecule has 1 saturated heterocycles. The van der Waals surface area contributed by atoms with Crippen LogP contribution in [0.3, 0.4) is 0 Å². The summed E-state index contributed by atoms with van der Waals surface area (Å²) in [6, 6.07) is -1.19. The number of allylic oxidation sites excluding steroid dienone is 6. The van der Waals surface area contributed by atoms with Gasteiger partial charge in [-0.05, 0) is 64.2 Å². The van der Waals surface area contributed by atoms with Gasteiger partial charge in [-0.3, -0.25) is 4.79 Å². The summed E-state index contributed by atoms with van der Waals surface area (Å²) in [6.07, 6.45) is 44.9. The van der Waals surface area contributed by atoms with Crippen LogP contribution in [0.4, 0.5) is 0 Å². The Morgan fingerprint density at radius 1 is 0.500 bits per heavy atom. The minimum Gasteiger partial charge on any atom is -0.394 e. The van der Waals surface area contributed by atoms with Gasteiger partial charge in [-0.2, -0.15) is 0 Å². The Balaban J connectivity index is 2.31. The van der Waals surface area contributed by atoms with Crippen molar-refractivity contribution < 1.29 is 50.0 Å². The molecule has 11 heteroatoms. The molecule has 0 saturated carbocycles. The maximum Gasteiger partial charge on any atom is 0.249 e. The maximum absolute atomic E-state index is 13.2. The SMILES string of the molecule is CCCCC/C=C/CC/C=C/CC/C=C/CCCC(O)C(O)C(COC1OC(CO)C(O)C(O)C1O)NC(=O)C(O)CCCCCCCCCCCCCCCCCCCCCCCCCCC. The number of rotatable bonds is 48. The molecule has 1 aliphatic heterocycles. The van der Waals surface area contributed by atoms with Crippen LogP contribution in [0.15, 0.2) is 36.5 Å². The van der Waals surface area contributed by atoms with Gasteiger partial charge in [-0.25, -0.2) is 0 Å². The summed E-state index contributed by atoms with van der Waals surface area (Å²) in [5.41, 5.74) is 0. The van der Waals surface area contributed by atoms with Crippen LogP contribution < -0.4 is 5.32 Å². The number of amides is 1. The van der Waals surface area contributed by atoms with Crippen molar-refractivity contribution in [3.63, 3.8) is 0 Å². The number of unbranched alkanes of at least 4 members (excludes halogenated alkanes) is 30. The fourth-order valence-corrected chi connectivity index (χ4v) is 9.00. The zero-order valence-corrected chi connectivity index (χ0v) is 43.6. The lowest BCUT2D eigenvalue weighted by Gasteiger charge is -2.40. The van der Waals surface area contributed by atoms with Gasteiger partial charge in [0.05, 0.1) is 25.4 Å². The Kier molecular flexibility index (Phi) is 43.9. The van der Waals surface area contributed by atoms with Crippen LogP contribution in [0.25, 0.3) is 0 Å². The summed E-state index contributed by atoms with van der Waals surface area (Å²) < 4.78 is 11.1. The number of nitrogens with one attached hydrogen (secondary N) is 1. The molecule has 0 spiro atoms. The summed E-state index contributed by atoms with van der Waals surface area (Å²) in [5.74, 6) is -0.709. The molecule has 0 bridgehead atoms. The predicted molar refractivity (Wildman–Crippen MR) is 279 cm³/mol. The lowest BCUT2D eigenvalue weighted by Crippen LogP contribution is -2.60. The van der Waals surface area contributed by atoms with Gasteiger partial charge in [0.25, 0.3) is 0 Å². The first-order chi connectivity index (χ1) is 33.2. The van der Waals surface area contributed by atoms with E-state index in [0.717, 1.165) is 44.9 Å². The third-order valence-corrected chi connectivity index (χ3v) is 13.7. The number of carbonyl (C=O) groups is 1. The van der Waals surface area contributed by atoms with Gasteiger partial charge in [-0.15, -0.1) is 0 Å². The van der Waals surface area contributed by atoms with Gasteiger partial charge in [-0.1, -0.05) is 224 Å². The average molecular weight is 966 g/mol. The molecule has 0 aromatic carbocycles. The van der Waals surface area contributed by atoms with Crippen molar-refractivity contribution in [2.24, 2.45) is 0 Å². The van der Waals surface area contributed by atoms with E-state index >= 15 is 0 Å². The number of hydrogen-bond acceptors (Lipinski definition) is 10. The lowest BCUT2D eigenvalue weighted by molar-refractivity contribution is -0.303. The van der Waals surface area contributed by atoms with E-state index in [9.17, 15) is 40.5 Å². The number of hydrogen-bond donors (Lipinski definition) is 8. The molecule has 8 N–H and O–H groups in total. The molecule has 1 aliphatic rings. The molecule has 9 unspecified atom stereocenters. The topological polar surface area (TPSA) is 189 Å². The molecule has 0 aliphatic carbocycles. The molecule has 1 heterocycles. The highest BCUT2D eigenvalue weighted by atomic mass is 16.7. The molecule has 0 aromatic heterocycles. The Labute approximate surface area is 416 Å². The van der Waals surface area contributed by atoms with E-state index in [4.69, 9.17) is 9.47 Å². The van der Waals surface area contributed by atoms with Crippen LogP contribution in [0, 0.1) is 0 Å². The maximum atomic E-state index is 13.2. The van der Waals surface area contributed by atoms with E-state index in [0.29, 0.717) is 19.3 Å². The van der Waals surface area contributed by atoms with E-state index in [1.807, 2.05) is 0 Å². The van der Waals surface area contributed by atoms with Crippen LogP contribution in [0.2, 0.25) is 0 Å². The molecule has 400 valence electrons. The predicted octanol–water partition coefficient (Wildman–Crippen LogP) is 11.5. The minimum absolute atomic E-state index is 0.242. The highest BCUT2D eigenvalue weighted by molar-refractivity contribution is 5.80. The number of aliphatic hydroxyl groups is 7. The first-order valence-corrected chi connectivity index (χ1v) is 28.4. The number of aliphatic hydroxyl groups excluding tert-OH is 7. The van der Waals surface area contributed by atoms with Gasteiger partial charge in [0.15, 0.2) is 6.29 Å². The van der Waals surface area contributed by atoms with Gasteiger partial charge in [0.1, 0.15) is 36.6 Å². The van der Waals surface area contributed by atoms with Gasteiger partial charge in [0.2, 0.25) is 5.91 Å². The van der Waals surface area contributed by atoms with Crippen LogP contribution in [0.5, 0.6) is 0 Å². The molecule has 9 atom stereocenters. The fraction of sp³-hybridized carbons (Fsp3) is 0.877. The quantitative estimate of drug-likeness (QED) is 0.0215. The highest BCUT2D eigenvalue weighted by Crippen LogP contribution is 2.23. The largest absolute Gasteiger partial charge is 0.394 e. The second-order valence-electron chi connectivity index (χ2n) is 20.0. The standard InChI is InChI=1S/C57H107NO10/c1-3-5-7-9-11-13-15-17-19-21-22-23-24-25-26-27-28-29-31-33-35-37-39-41-43-45-50(61)56(66)58-48(47-67-57-55(65)54(64)53(63)51(46-59)68-57)52(62)49(60)44-42-40-38-36-34-32-30-20-18-16-14-12-10-8-6-4-2/h12,14,20,30,36,38,48-55,57,59-65H,3-11,13,15-19,21-29,31-35,37,39-47H2,1-2H3,(H,58,66)/b14-12+,30-20+,38-36+. The highest BCUT2D eigenvalue weighted by Gasteiger charge is 2.44. The van der Waals surface area contributed by atoms with Crippen molar-refractivity contribution >= 4 is 5.91 Å². The molecule has 11 nitrogen and oxygen atoms in total. The zero-order valence-electron chi connectivity index (χ0n) is 43.6. The fourth-order valence-electron chi connectivity index (χ4n) is 9.00. The smallest absolute Gasteiger partial charge is 0.249 e. The summed E-state index contributed by atoms with van der Waals surface area (Å²) in [4.78, 5) is 13.2. The molecular weight excluding hydrogens is 859 g/mol. The first kappa shape index (κ1) is 64.3. The van der Waals surface area contributed by atoms with E-state index in [1.54, 1.807) is 0 Å². The third kappa shape index (κ3) is 34.6. The van der Waals surface area contributed by atoms with E-state index in [2.05, 4.69) is 55.6 Å². The number of ether oxygens (including phenoxy) is 2. The van der Waals surface area contributed by atoms with Crippen LogP contribution in [-0.2, 0) is 14.3 Å². The van der Waals surface area contributed by atoms with Crippen molar-refractivity contribution in [3.05, 3.63) is 36.5 Å². The number of carbonyl (C=O) groups excluding carboxylic acids is 1. The zero-order chi connectivity index (χ0) is 49.7. The van der Waals surface area contributed by atoms with Crippen molar-refractivity contribution in [2.45, 2.75) is 306 Å². The molecule has 1 rings (SSSR count). The first-order valence-electron chi connectivity index (χ1n) is 28.4. The van der Waals surface area contributed by atoms with Crippen molar-refractivity contribution in [3.8, 4) is 0 Å². The summed E-state index contributed by atoms with van der Waals surface area (Å²) in [7, 11) is 0. The van der Waals surface area contributed by atoms with Crippen molar-refractivity contribution in [2.75, 3.05) is 13.2 Å². The van der Waals surface area contributed by atoms with Crippen LogP contribution >= 0.6 is 0 Å². The second-order valence-corrected chi connectivity index (χ2v) is 20.0. The van der Waals surface area contributed by atoms with E-state index in [-0.39, 0.29) is 12.8 Å². The molecule has 1 amide bonds. The Bertz CT molecular complexity index is 1200. The Morgan fingerprint density at radius 2 is 0.882 bits per heavy atom. The summed E-state index contributed by atoms with van der Waals surface area (Å²) in [5, 5.41) is 76.0. The summed E-state index contributed by atoms with van der Waals surface area (Å²) >= 11 is 0. The van der Waals surface area contributed by atoms with Gasteiger partial charge in [0, 0.05) is 0 Å². The molecule has 0 radical (unpaired) electrons. The lowest BCUT2D eigenvalue weighted by atomic mass is 9.98. The van der Waals surface area contributed by atoms with Crippen LogP contribution in [-0.4, -0.2) is 110 Å². The molecule has 0 aromatic rings. The van der Waals surface area contributed by atoms with E-state index < -0.39 is 74.2 Å². The van der Waals surface area contributed by atoms with E-state index in [1.165, 1.54) is 161 Å². The Hall–Kier alpha value is -1.67. The van der Waals surface area contributed by atoms with Crippen molar-refractivity contribution in [1.29, 1.82) is 0 Å². The second kappa shape index (κ2) is 46.4. The molecule has 1 fully saturated rings. The Morgan fingerprint density at radius 3 is 1.31 bits per heavy atom. The normalized spacial score (nSPS) is 20.8. The monoisotopic (exact) mass is 966 g/mol. The minimum atomic E-state index is -1.67. The van der Waals surface area contributed by atoms with Gasteiger partial charge < -0.3 is 50.5 Å². The molecule has 68 heavy (non-hydrogen) atoms. The average Bonchev–Trinajstić information content (AvgIpc) is 3.34. The van der Waals surface area contributed by atoms with Crippen molar-refractivity contribution in [1.82, 2.24) is 5.32 Å².